The minimum Gasteiger partial charge on any atom is -0.481 e. The smallest absolute Gasteiger partial charge is 0.336 e. The molecule has 0 amide bonds. The van der Waals surface area contributed by atoms with Gasteiger partial charge in [0.15, 0.2) is 0 Å². The molecule has 0 fully saturated rings. The summed E-state index contributed by atoms with van der Waals surface area (Å²) in [5.74, 6) is -2.00. The number of rotatable bonds is 4. The van der Waals surface area contributed by atoms with E-state index in [4.69, 9.17) is 10.2 Å². The van der Waals surface area contributed by atoms with Crippen LogP contribution in [0, 0.1) is 0 Å². The molecule has 0 spiro atoms. The summed E-state index contributed by atoms with van der Waals surface area (Å²) in [6.45, 7) is 0. The van der Waals surface area contributed by atoms with Crippen LogP contribution in [0.4, 0.5) is 0 Å². The Kier molecular flexibility index (Phi) is 5.69. The van der Waals surface area contributed by atoms with E-state index in [1.807, 2.05) is 0 Å². The summed E-state index contributed by atoms with van der Waals surface area (Å²) < 4.78 is 0. The van der Waals surface area contributed by atoms with E-state index < -0.39 is 11.9 Å². The van der Waals surface area contributed by atoms with Gasteiger partial charge in [-0.3, -0.25) is 4.79 Å². The first-order valence-corrected chi connectivity index (χ1v) is 3.48. The SMILES string of the molecule is O=C(O)C=C=C=C=CCCC(=O)O. The lowest BCUT2D eigenvalue weighted by Crippen LogP contribution is -1.91. The highest BCUT2D eigenvalue weighted by Gasteiger charge is 1.90. The third-order valence-corrected chi connectivity index (χ3v) is 0.945. The second-order valence-electron chi connectivity index (χ2n) is 2.03. The van der Waals surface area contributed by atoms with Crippen LogP contribution in [0.15, 0.2) is 29.3 Å². The molecule has 0 rings (SSSR count). The first-order valence-electron chi connectivity index (χ1n) is 3.48. The van der Waals surface area contributed by atoms with Crippen LogP contribution in [0.3, 0.4) is 0 Å². The van der Waals surface area contributed by atoms with E-state index >= 15 is 0 Å². The molecule has 4 heteroatoms. The molecule has 0 aliphatic carbocycles. The lowest BCUT2D eigenvalue weighted by molar-refractivity contribution is -0.137. The summed E-state index contributed by atoms with van der Waals surface area (Å²) in [6.07, 6.45) is 2.61. The van der Waals surface area contributed by atoms with Crippen molar-refractivity contribution in [2.75, 3.05) is 0 Å². The minimum atomic E-state index is -1.11. The van der Waals surface area contributed by atoms with Crippen LogP contribution in [-0.4, -0.2) is 22.2 Å². The molecule has 0 aromatic heterocycles. The Morgan fingerprint density at radius 3 is 2.46 bits per heavy atom. The molecule has 0 aliphatic rings. The fraction of sp³-hybridized carbons (Fsp3) is 0.222. The summed E-state index contributed by atoms with van der Waals surface area (Å²) in [4.78, 5) is 19.9. The number of carbonyl (C=O) groups is 2. The van der Waals surface area contributed by atoms with E-state index in [-0.39, 0.29) is 6.42 Å². The van der Waals surface area contributed by atoms with Gasteiger partial charge in [0.1, 0.15) is 0 Å². The highest BCUT2D eigenvalue weighted by molar-refractivity contribution is 5.79. The van der Waals surface area contributed by atoms with E-state index in [2.05, 4.69) is 17.2 Å². The molecule has 0 aliphatic heterocycles. The normalized spacial score (nSPS) is 7.38. The molecule has 2 N–H and O–H groups in total. The van der Waals surface area contributed by atoms with Gasteiger partial charge < -0.3 is 10.2 Å². The first-order chi connectivity index (χ1) is 6.13. The summed E-state index contributed by atoms with van der Waals surface area (Å²) in [5, 5.41) is 16.3. The Morgan fingerprint density at radius 2 is 1.92 bits per heavy atom. The van der Waals surface area contributed by atoms with Crippen molar-refractivity contribution >= 4 is 11.9 Å². The van der Waals surface area contributed by atoms with Crippen molar-refractivity contribution in [3.05, 3.63) is 29.3 Å². The zero-order valence-corrected chi connectivity index (χ0v) is 6.78. The number of allylic oxidation sites excluding steroid dienone is 1. The predicted octanol–water partition coefficient (Wildman–Crippen LogP) is 0.957. The zero-order valence-electron chi connectivity index (χ0n) is 6.78. The molecule has 0 unspecified atom stereocenters. The predicted molar refractivity (Wildman–Crippen MR) is 44.2 cm³/mol. The van der Waals surface area contributed by atoms with Gasteiger partial charge in [0.2, 0.25) is 0 Å². The van der Waals surface area contributed by atoms with Crippen molar-refractivity contribution in [2.45, 2.75) is 12.8 Å². The molecule has 0 radical (unpaired) electrons. The van der Waals surface area contributed by atoms with Crippen molar-refractivity contribution < 1.29 is 19.8 Å². The molecule has 0 saturated carbocycles. The summed E-state index contributed by atoms with van der Waals surface area (Å²) in [6, 6.07) is 0. The maximum absolute atomic E-state index is 10.0. The lowest BCUT2D eigenvalue weighted by Gasteiger charge is -1.81. The van der Waals surface area contributed by atoms with Crippen molar-refractivity contribution in [3.8, 4) is 0 Å². The van der Waals surface area contributed by atoms with Crippen LogP contribution >= 0.6 is 0 Å². The minimum absolute atomic E-state index is 0.0251. The van der Waals surface area contributed by atoms with Gasteiger partial charge in [-0.1, -0.05) is 11.5 Å². The average molecular weight is 180 g/mol. The monoisotopic (exact) mass is 180 g/mol. The number of hydrogen-bond acceptors (Lipinski definition) is 2. The van der Waals surface area contributed by atoms with Gasteiger partial charge in [0.25, 0.3) is 0 Å². The third kappa shape index (κ3) is 10.0. The Bertz CT molecular complexity index is 322. The second-order valence-corrected chi connectivity index (χ2v) is 2.03. The van der Waals surface area contributed by atoms with Gasteiger partial charge in [0.05, 0.1) is 6.08 Å². The highest BCUT2D eigenvalue weighted by atomic mass is 16.4. The molecule has 0 bridgehead atoms. The van der Waals surface area contributed by atoms with Crippen LogP contribution in [0.1, 0.15) is 12.8 Å². The molecule has 0 heterocycles. The summed E-state index contributed by atoms with van der Waals surface area (Å²) in [5.41, 5.74) is 6.97. The van der Waals surface area contributed by atoms with Gasteiger partial charge in [-0.25, -0.2) is 4.79 Å². The summed E-state index contributed by atoms with van der Waals surface area (Å²) in [7, 11) is 0. The first kappa shape index (κ1) is 11.0. The van der Waals surface area contributed by atoms with Gasteiger partial charge in [-0.2, -0.15) is 0 Å². The van der Waals surface area contributed by atoms with E-state index in [0.717, 1.165) is 6.08 Å². The fourth-order valence-corrected chi connectivity index (χ4v) is 0.458. The topological polar surface area (TPSA) is 74.6 Å². The van der Waals surface area contributed by atoms with Gasteiger partial charge in [-0.15, -0.1) is 0 Å². The van der Waals surface area contributed by atoms with Crippen molar-refractivity contribution in [1.29, 1.82) is 0 Å². The molecule has 0 aromatic rings. The average Bonchev–Trinajstić information content (AvgIpc) is 2.01. The van der Waals surface area contributed by atoms with Gasteiger partial charge in [0, 0.05) is 6.42 Å². The van der Waals surface area contributed by atoms with Crippen LogP contribution in [0.5, 0.6) is 0 Å². The Balaban J connectivity index is 4.03. The molecule has 0 saturated heterocycles. The van der Waals surface area contributed by atoms with Crippen LogP contribution in [0.25, 0.3) is 0 Å². The van der Waals surface area contributed by atoms with E-state index in [1.54, 1.807) is 0 Å². The number of carboxylic acid groups (broad SMARTS) is 2. The molecule has 13 heavy (non-hydrogen) atoms. The van der Waals surface area contributed by atoms with Crippen molar-refractivity contribution in [2.24, 2.45) is 0 Å². The summed E-state index contributed by atoms with van der Waals surface area (Å²) >= 11 is 0. The van der Waals surface area contributed by atoms with Crippen LogP contribution < -0.4 is 0 Å². The quantitative estimate of drug-likeness (QED) is 0.499. The largest absolute Gasteiger partial charge is 0.481 e. The van der Waals surface area contributed by atoms with Crippen molar-refractivity contribution in [1.82, 2.24) is 0 Å². The number of carboxylic acids is 2. The van der Waals surface area contributed by atoms with E-state index in [9.17, 15) is 9.59 Å². The second kappa shape index (κ2) is 6.71. The Labute approximate surface area is 74.8 Å². The van der Waals surface area contributed by atoms with Crippen molar-refractivity contribution in [3.63, 3.8) is 0 Å². The number of hydrogen-bond donors (Lipinski definition) is 2. The van der Waals surface area contributed by atoms with Gasteiger partial charge in [-0.05, 0) is 18.2 Å². The molecular formula is C9H8O4. The van der Waals surface area contributed by atoms with E-state index in [1.165, 1.54) is 6.08 Å². The third-order valence-electron chi connectivity index (χ3n) is 0.945. The van der Waals surface area contributed by atoms with Gasteiger partial charge >= 0.3 is 11.9 Å². The molecular weight excluding hydrogens is 172 g/mol. The maximum Gasteiger partial charge on any atom is 0.336 e. The van der Waals surface area contributed by atoms with E-state index in [0.29, 0.717) is 6.42 Å². The maximum atomic E-state index is 10.0. The molecule has 0 aromatic carbocycles. The Morgan fingerprint density at radius 1 is 1.23 bits per heavy atom. The Hall–Kier alpha value is -1.98. The standard InChI is InChI=1S/C9H8O4/c10-8(11)6-4-2-1-3-5-7-9(12)13/h2,7H,4,6H2,(H,10,11)(H,12,13). The van der Waals surface area contributed by atoms with Crippen LogP contribution in [-0.2, 0) is 9.59 Å². The number of aliphatic carboxylic acids is 2. The molecule has 0 atom stereocenters. The fourth-order valence-electron chi connectivity index (χ4n) is 0.458. The lowest BCUT2D eigenvalue weighted by atomic mass is 10.3. The molecule has 68 valence electrons. The zero-order chi connectivity index (χ0) is 10.1. The van der Waals surface area contributed by atoms with Crippen LogP contribution in [0.2, 0.25) is 0 Å². The molecule has 4 nitrogen and oxygen atoms in total. The highest BCUT2D eigenvalue weighted by Crippen LogP contribution is 1.87.